The van der Waals surface area contributed by atoms with E-state index in [1.165, 1.54) is 24.9 Å². The maximum absolute atomic E-state index is 4.62. The lowest BCUT2D eigenvalue weighted by Crippen LogP contribution is -2.43. The van der Waals surface area contributed by atoms with Crippen molar-refractivity contribution in [3.05, 3.63) is 36.3 Å². The highest BCUT2D eigenvalue weighted by Gasteiger charge is 2.20. The highest BCUT2D eigenvalue weighted by Crippen LogP contribution is 2.23. The molecule has 1 unspecified atom stereocenters. The lowest BCUT2D eigenvalue weighted by molar-refractivity contribution is 0.188. The monoisotopic (exact) mass is 285 g/mol. The maximum atomic E-state index is 4.62. The fraction of sp³-hybridized carbons (Fsp3) is 0.500. The van der Waals surface area contributed by atoms with Gasteiger partial charge in [0.25, 0.3) is 0 Å². The second kappa shape index (κ2) is 6.37. The van der Waals surface area contributed by atoms with Crippen molar-refractivity contribution in [2.24, 2.45) is 7.05 Å². The third-order valence-corrected chi connectivity index (χ3v) is 4.15. The number of rotatable bonds is 4. The summed E-state index contributed by atoms with van der Waals surface area (Å²) in [6.45, 7) is 3.23. The molecule has 0 amide bonds. The second-order valence-corrected chi connectivity index (χ2v) is 5.78. The zero-order valence-electron chi connectivity index (χ0n) is 12.8. The van der Waals surface area contributed by atoms with Gasteiger partial charge in [0.2, 0.25) is 0 Å². The quantitative estimate of drug-likeness (QED) is 0.928. The smallest absolute Gasteiger partial charge is 0.0983 e. The number of aryl methyl sites for hydroxylation is 1. The van der Waals surface area contributed by atoms with Crippen LogP contribution in [0.4, 0.5) is 0 Å². The number of likely N-dealkylation sites (tertiary alicyclic amines) is 1. The molecule has 2 aromatic heterocycles. The van der Waals surface area contributed by atoms with E-state index >= 15 is 0 Å². The second-order valence-electron chi connectivity index (χ2n) is 5.78. The average molecular weight is 285 g/mol. The number of likely N-dealkylation sites (N-methyl/N-ethyl adjacent to an activating group) is 1. The molecule has 0 spiro atoms. The summed E-state index contributed by atoms with van der Waals surface area (Å²) in [4.78, 5) is 6.73. The van der Waals surface area contributed by atoms with Gasteiger partial charge in [-0.05, 0) is 38.6 Å². The van der Waals surface area contributed by atoms with Crippen molar-refractivity contribution in [3.8, 4) is 11.3 Å². The van der Waals surface area contributed by atoms with Gasteiger partial charge in [0.1, 0.15) is 0 Å². The lowest BCUT2D eigenvalue weighted by Gasteiger charge is -2.32. The van der Waals surface area contributed by atoms with E-state index in [1.54, 1.807) is 6.20 Å². The first-order chi connectivity index (χ1) is 10.3. The normalized spacial score (nSPS) is 19.8. The molecule has 3 heterocycles. The van der Waals surface area contributed by atoms with Crippen LogP contribution in [0.2, 0.25) is 0 Å². The number of nitrogens with zero attached hydrogens (tertiary/aromatic N) is 4. The minimum Gasteiger partial charge on any atom is -0.316 e. The van der Waals surface area contributed by atoms with Crippen molar-refractivity contribution >= 4 is 0 Å². The summed E-state index contributed by atoms with van der Waals surface area (Å²) in [5.74, 6) is 0. The summed E-state index contributed by atoms with van der Waals surface area (Å²) in [6, 6.07) is 4.65. The van der Waals surface area contributed by atoms with Gasteiger partial charge in [-0.25, -0.2) is 0 Å². The molecular weight excluding hydrogens is 262 g/mol. The van der Waals surface area contributed by atoms with Gasteiger partial charge >= 0.3 is 0 Å². The molecule has 0 saturated carbocycles. The molecule has 1 fully saturated rings. The Kier molecular flexibility index (Phi) is 4.31. The number of nitrogens with one attached hydrogen (secondary N) is 1. The van der Waals surface area contributed by atoms with Crippen LogP contribution in [0, 0.1) is 0 Å². The molecule has 1 aliphatic heterocycles. The van der Waals surface area contributed by atoms with Crippen LogP contribution in [0.5, 0.6) is 0 Å². The van der Waals surface area contributed by atoms with Crippen LogP contribution in [0.15, 0.2) is 30.7 Å². The lowest BCUT2D eigenvalue weighted by atomic mass is 10.0. The van der Waals surface area contributed by atoms with E-state index < -0.39 is 0 Å². The number of hydrogen-bond donors (Lipinski definition) is 1. The first-order valence-electron chi connectivity index (χ1n) is 7.59. The fourth-order valence-corrected chi connectivity index (χ4v) is 3.07. The van der Waals surface area contributed by atoms with Crippen LogP contribution >= 0.6 is 0 Å². The third-order valence-electron chi connectivity index (χ3n) is 4.15. The zero-order chi connectivity index (χ0) is 14.7. The van der Waals surface area contributed by atoms with Crippen LogP contribution in [0.1, 0.15) is 18.4 Å². The molecule has 1 N–H and O–H groups in total. The summed E-state index contributed by atoms with van der Waals surface area (Å²) in [5.41, 5.74) is 3.43. The van der Waals surface area contributed by atoms with Crippen LogP contribution in [-0.2, 0) is 13.6 Å². The predicted octanol–water partition coefficient (Wildman–Crippen LogP) is 1.67. The first kappa shape index (κ1) is 14.2. The SMILES string of the molecule is CNC1CCCN(Cc2cn(C)nc2-c2cccnc2)C1. The van der Waals surface area contributed by atoms with Crippen LogP contribution in [0.25, 0.3) is 11.3 Å². The van der Waals surface area contributed by atoms with E-state index in [9.17, 15) is 0 Å². The minimum absolute atomic E-state index is 0.609. The molecular formula is C16H23N5. The van der Waals surface area contributed by atoms with Crippen LogP contribution < -0.4 is 5.32 Å². The maximum Gasteiger partial charge on any atom is 0.0983 e. The van der Waals surface area contributed by atoms with E-state index in [2.05, 4.69) is 39.6 Å². The Labute approximate surface area is 126 Å². The molecule has 0 bridgehead atoms. The Morgan fingerprint density at radius 2 is 2.33 bits per heavy atom. The van der Waals surface area contributed by atoms with Gasteiger partial charge in [-0.1, -0.05) is 0 Å². The van der Waals surface area contributed by atoms with Crippen molar-refractivity contribution < 1.29 is 0 Å². The number of piperidine rings is 1. The molecule has 5 nitrogen and oxygen atoms in total. The molecule has 5 heteroatoms. The molecule has 0 radical (unpaired) electrons. The zero-order valence-corrected chi connectivity index (χ0v) is 12.8. The van der Waals surface area contributed by atoms with Crippen LogP contribution in [-0.4, -0.2) is 45.8 Å². The van der Waals surface area contributed by atoms with Gasteiger partial charge in [-0.15, -0.1) is 0 Å². The largest absolute Gasteiger partial charge is 0.316 e. The summed E-state index contributed by atoms with van der Waals surface area (Å²) >= 11 is 0. The van der Waals surface area contributed by atoms with E-state index in [0.29, 0.717) is 6.04 Å². The Balaban J connectivity index is 1.79. The molecule has 3 rings (SSSR count). The molecule has 1 aliphatic rings. The van der Waals surface area contributed by atoms with Crippen molar-refractivity contribution in [3.63, 3.8) is 0 Å². The fourth-order valence-electron chi connectivity index (χ4n) is 3.07. The molecule has 0 aliphatic carbocycles. The highest BCUT2D eigenvalue weighted by molar-refractivity contribution is 5.61. The van der Waals surface area contributed by atoms with Gasteiger partial charge < -0.3 is 5.32 Å². The summed E-state index contributed by atoms with van der Waals surface area (Å²) in [7, 11) is 4.04. The molecule has 1 saturated heterocycles. The van der Waals surface area contributed by atoms with Crippen molar-refractivity contribution in [2.75, 3.05) is 20.1 Å². The summed E-state index contributed by atoms with van der Waals surface area (Å²) in [5, 5.41) is 8.02. The van der Waals surface area contributed by atoms with Crippen molar-refractivity contribution in [1.82, 2.24) is 25.0 Å². The van der Waals surface area contributed by atoms with Crippen molar-refractivity contribution in [1.29, 1.82) is 0 Å². The number of aromatic nitrogens is 3. The number of pyridine rings is 1. The van der Waals surface area contributed by atoms with Gasteiger partial charge in [0, 0.05) is 55.9 Å². The van der Waals surface area contributed by atoms with Gasteiger partial charge in [0.05, 0.1) is 5.69 Å². The van der Waals surface area contributed by atoms with E-state index in [1.807, 2.05) is 24.0 Å². The molecule has 2 aromatic rings. The highest BCUT2D eigenvalue weighted by atomic mass is 15.3. The molecule has 1 atom stereocenters. The van der Waals surface area contributed by atoms with Crippen LogP contribution in [0.3, 0.4) is 0 Å². The Morgan fingerprint density at radius 3 is 3.10 bits per heavy atom. The van der Waals surface area contributed by atoms with E-state index in [4.69, 9.17) is 0 Å². The average Bonchev–Trinajstić information content (AvgIpc) is 2.89. The molecule has 0 aromatic carbocycles. The summed E-state index contributed by atoms with van der Waals surface area (Å²) < 4.78 is 1.90. The van der Waals surface area contributed by atoms with Gasteiger partial charge in [-0.3, -0.25) is 14.6 Å². The standard InChI is InChI=1S/C16H23N5/c1-17-15-6-4-8-21(12-15)11-14-10-20(2)19-16(14)13-5-3-7-18-9-13/h3,5,7,9-10,15,17H,4,6,8,11-12H2,1-2H3. The Bertz CT molecular complexity index is 578. The Morgan fingerprint density at radius 1 is 1.43 bits per heavy atom. The van der Waals surface area contributed by atoms with Crippen molar-refractivity contribution in [2.45, 2.75) is 25.4 Å². The Hall–Kier alpha value is -1.72. The van der Waals surface area contributed by atoms with Gasteiger partial charge in [0.15, 0.2) is 0 Å². The summed E-state index contributed by atoms with van der Waals surface area (Å²) in [6.07, 6.45) is 8.35. The minimum atomic E-state index is 0.609. The molecule has 21 heavy (non-hydrogen) atoms. The third kappa shape index (κ3) is 3.31. The van der Waals surface area contributed by atoms with E-state index in [-0.39, 0.29) is 0 Å². The predicted molar refractivity (Wildman–Crippen MR) is 83.8 cm³/mol. The van der Waals surface area contributed by atoms with Gasteiger partial charge in [-0.2, -0.15) is 5.10 Å². The first-order valence-corrected chi connectivity index (χ1v) is 7.59. The van der Waals surface area contributed by atoms with E-state index in [0.717, 1.165) is 24.3 Å². The molecule has 112 valence electrons. The number of hydrogen-bond acceptors (Lipinski definition) is 4. The topological polar surface area (TPSA) is 46.0 Å².